The summed E-state index contributed by atoms with van der Waals surface area (Å²) in [5, 5.41) is 19.3. The van der Waals surface area contributed by atoms with Gasteiger partial charge in [0, 0.05) is 6.61 Å². The fourth-order valence-electron chi connectivity index (χ4n) is 1.34. The highest BCUT2D eigenvalue weighted by Gasteiger charge is 2.20. The summed E-state index contributed by atoms with van der Waals surface area (Å²) < 4.78 is 5.36. The van der Waals surface area contributed by atoms with Crippen molar-refractivity contribution < 1.29 is 14.6 Å². The van der Waals surface area contributed by atoms with Gasteiger partial charge in [-0.25, -0.2) is 4.79 Å². The summed E-state index contributed by atoms with van der Waals surface area (Å²) in [7, 11) is 0. The number of carboxylic acid groups (broad SMARTS) is 1. The summed E-state index contributed by atoms with van der Waals surface area (Å²) in [6, 6.07) is 0. The van der Waals surface area contributed by atoms with E-state index in [4.69, 9.17) is 9.84 Å². The summed E-state index contributed by atoms with van der Waals surface area (Å²) >= 11 is 0. The molecule has 1 aromatic heterocycles. The zero-order valence-corrected chi connectivity index (χ0v) is 7.46. The number of aromatic nitrogens is 4. The van der Waals surface area contributed by atoms with Gasteiger partial charge < -0.3 is 9.84 Å². The van der Waals surface area contributed by atoms with Gasteiger partial charge in [0.25, 0.3) is 5.82 Å². The van der Waals surface area contributed by atoms with E-state index in [9.17, 15) is 4.79 Å². The van der Waals surface area contributed by atoms with E-state index in [1.807, 2.05) is 0 Å². The van der Waals surface area contributed by atoms with Crippen LogP contribution in [-0.4, -0.2) is 37.9 Å². The van der Waals surface area contributed by atoms with Crippen molar-refractivity contribution in [3.05, 3.63) is 5.82 Å². The van der Waals surface area contributed by atoms with E-state index in [1.165, 1.54) is 4.80 Å². The molecule has 0 bridgehead atoms. The number of aromatic carboxylic acids is 1. The Kier molecular flexibility index (Phi) is 2.40. The van der Waals surface area contributed by atoms with Crippen LogP contribution in [0.25, 0.3) is 0 Å². The van der Waals surface area contributed by atoms with E-state index >= 15 is 0 Å². The molecule has 1 saturated heterocycles. The van der Waals surface area contributed by atoms with Gasteiger partial charge in [-0.3, -0.25) is 0 Å². The smallest absolute Gasteiger partial charge is 0.377 e. The molecule has 1 fully saturated rings. The van der Waals surface area contributed by atoms with E-state index in [-0.39, 0.29) is 12.1 Å². The monoisotopic (exact) mass is 198 g/mol. The molecular weight excluding hydrogens is 188 g/mol. The average Bonchev–Trinajstić information content (AvgIpc) is 2.68. The van der Waals surface area contributed by atoms with Crippen LogP contribution in [0, 0.1) is 0 Å². The molecule has 1 atom stereocenters. The van der Waals surface area contributed by atoms with Gasteiger partial charge in [0.1, 0.15) is 0 Å². The molecule has 1 aromatic rings. The molecule has 2 rings (SSSR count). The zero-order valence-electron chi connectivity index (χ0n) is 7.46. The van der Waals surface area contributed by atoms with Crippen molar-refractivity contribution >= 4 is 5.97 Å². The molecule has 1 N–H and O–H groups in total. The Hall–Kier alpha value is -1.50. The lowest BCUT2D eigenvalue weighted by molar-refractivity contribution is -0.0490. The lowest BCUT2D eigenvalue weighted by atomic mass is 10.2. The minimum Gasteiger partial charge on any atom is -0.475 e. The molecular formula is C7H10N4O3. The van der Waals surface area contributed by atoms with Gasteiger partial charge in [-0.2, -0.15) is 0 Å². The van der Waals surface area contributed by atoms with Crippen LogP contribution in [0.1, 0.15) is 36.1 Å². The Labute approximate surface area is 79.7 Å². The fraction of sp³-hybridized carbons (Fsp3) is 0.714. The normalized spacial score (nSPS) is 22.1. The first-order chi connectivity index (χ1) is 6.77. The van der Waals surface area contributed by atoms with Crippen LogP contribution in [0.2, 0.25) is 0 Å². The highest BCUT2D eigenvalue weighted by molar-refractivity contribution is 5.82. The molecule has 14 heavy (non-hydrogen) atoms. The topological polar surface area (TPSA) is 90.1 Å². The molecule has 0 spiro atoms. The first-order valence-corrected chi connectivity index (χ1v) is 4.42. The van der Waals surface area contributed by atoms with Gasteiger partial charge in [0.2, 0.25) is 0 Å². The molecule has 0 saturated carbocycles. The Morgan fingerprint density at radius 3 is 3.00 bits per heavy atom. The highest BCUT2D eigenvalue weighted by atomic mass is 16.5. The largest absolute Gasteiger partial charge is 0.475 e. The quantitative estimate of drug-likeness (QED) is 0.723. The Bertz CT molecular complexity index is 331. The SMILES string of the molecule is O=C(O)c1nnn(C2CCCCO2)n1. The van der Waals surface area contributed by atoms with E-state index in [0.29, 0.717) is 6.61 Å². The van der Waals surface area contributed by atoms with Gasteiger partial charge in [-0.1, -0.05) is 0 Å². The minimum atomic E-state index is -1.17. The third kappa shape index (κ3) is 1.72. The van der Waals surface area contributed by atoms with Crippen LogP contribution in [0.4, 0.5) is 0 Å². The summed E-state index contributed by atoms with van der Waals surface area (Å²) in [6.45, 7) is 0.661. The molecule has 0 aliphatic carbocycles. The maximum atomic E-state index is 10.5. The number of carboxylic acids is 1. The molecule has 0 radical (unpaired) electrons. The summed E-state index contributed by atoms with van der Waals surface area (Å²) in [4.78, 5) is 11.7. The number of tetrazole rings is 1. The van der Waals surface area contributed by atoms with Crippen molar-refractivity contribution in [1.82, 2.24) is 20.2 Å². The number of rotatable bonds is 2. The summed E-state index contributed by atoms with van der Waals surface area (Å²) in [5.41, 5.74) is 0. The lowest BCUT2D eigenvalue weighted by Crippen LogP contribution is -2.20. The molecule has 0 amide bonds. The highest BCUT2D eigenvalue weighted by Crippen LogP contribution is 2.19. The summed E-state index contributed by atoms with van der Waals surface area (Å²) in [5.74, 6) is -1.47. The van der Waals surface area contributed by atoms with Crippen molar-refractivity contribution in [2.45, 2.75) is 25.5 Å². The van der Waals surface area contributed by atoms with Crippen LogP contribution in [0.3, 0.4) is 0 Å². The van der Waals surface area contributed by atoms with Gasteiger partial charge in [-0.05, 0) is 24.5 Å². The summed E-state index contributed by atoms with van der Waals surface area (Å²) in [6.07, 6.45) is 2.60. The van der Waals surface area contributed by atoms with Crippen molar-refractivity contribution in [3.8, 4) is 0 Å². The molecule has 1 aliphatic rings. The second-order valence-electron chi connectivity index (χ2n) is 3.06. The second-order valence-corrected chi connectivity index (χ2v) is 3.06. The van der Waals surface area contributed by atoms with Crippen molar-refractivity contribution in [2.75, 3.05) is 6.61 Å². The van der Waals surface area contributed by atoms with Crippen LogP contribution in [0.15, 0.2) is 0 Å². The van der Waals surface area contributed by atoms with Gasteiger partial charge in [0.05, 0.1) is 0 Å². The van der Waals surface area contributed by atoms with Crippen molar-refractivity contribution in [3.63, 3.8) is 0 Å². The molecule has 1 aliphatic heterocycles. The minimum absolute atomic E-state index is 0.260. The predicted molar refractivity (Wildman–Crippen MR) is 43.6 cm³/mol. The number of hydrogen-bond donors (Lipinski definition) is 1. The van der Waals surface area contributed by atoms with Crippen LogP contribution in [0.5, 0.6) is 0 Å². The predicted octanol–water partition coefficient (Wildman–Crippen LogP) is 0.0704. The van der Waals surface area contributed by atoms with E-state index < -0.39 is 5.97 Å². The Morgan fingerprint density at radius 2 is 2.43 bits per heavy atom. The third-order valence-electron chi connectivity index (χ3n) is 2.03. The van der Waals surface area contributed by atoms with E-state index in [2.05, 4.69) is 15.4 Å². The zero-order chi connectivity index (χ0) is 9.97. The van der Waals surface area contributed by atoms with Gasteiger partial charge in [-0.15, -0.1) is 15.0 Å². The number of nitrogens with zero attached hydrogens (tertiary/aromatic N) is 4. The van der Waals surface area contributed by atoms with Gasteiger partial charge >= 0.3 is 5.97 Å². The van der Waals surface area contributed by atoms with Crippen LogP contribution >= 0.6 is 0 Å². The molecule has 7 nitrogen and oxygen atoms in total. The van der Waals surface area contributed by atoms with Crippen molar-refractivity contribution in [1.29, 1.82) is 0 Å². The van der Waals surface area contributed by atoms with Gasteiger partial charge in [0.15, 0.2) is 6.23 Å². The number of ether oxygens (including phenoxy) is 1. The third-order valence-corrected chi connectivity index (χ3v) is 2.03. The number of hydrogen-bond acceptors (Lipinski definition) is 5. The van der Waals surface area contributed by atoms with Crippen LogP contribution in [-0.2, 0) is 4.74 Å². The van der Waals surface area contributed by atoms with Crippen LogP contribution < -0.4 is 0 Å². The van der Waals surface area contributed by atoms with Crippen molar-refractivity contribution in [2.24, 2.45) is 0 Å². The Morgan fingerprint density at radius 1 is 1.57 bits per heavy atom. The fourth-order valence-corrected chi connectivity index (χ4v) is 1.34. The molecule has 7 heteroatoms. The standard InChI is InChI=1S/C7H10N4O3/c12-7(13)6-8-10-11(9-6)5-3-1-2-4-14-5/h5H,1-4H2,(H,12,13). The second kappa shape index (κ2) is 3.70. The first-order valence-electron chi connectivity index (χ1n) is 4.42. The Balaban J connectivity index is 2.11. The average molecular weight is 198 g/mol. The maximum absolute atomic E-state index is 10.5. The van der Waals surface area contributed by atoms with E-state index in [0.717, 1.165) is 19.3 Å². The molecule has 76 valence electrons. The lowest BCUT2D eigenvalue weighted by Gasteiger charge is -2.20. The first kappa shape index (κ1) is 9.07. The molecule has 0 aromatic carbocycles. The van der Waals surface area contributed by atoms with E-state index in [1.54, 1.807) is 0 Å². The molecule has 1 unspecified atom stereocenters. The maximum Gasteiger partial charge on any atom is 0.377 e. The number of carbonyl (C=O) groups is 1. The molecule has 2 heterocycles.